The molecule has 6 heteroatoms. The lowest BCUT2D eigenvalue weighted by Crippen LogP contribution is -2.35. The van der Waals surface area contributed by atoms with E-state index >= 15 is 0 Å². The Morgan fingerprint density at radius 2 is 1.82 bits per heavy atom. The molecule has 0 bridgehead atoms. The smallest absolute Gasteiger partial charge is 0.251 e. The molecule has 1 heterocycles. The van der Waals surface area contributed by atoms with Crippen molar-refractivity contribution < 1.29 is 9.90 Å². The molecule has 0 saturated heterocycles. The van der Waals surface area contributed by atoms with Gasteiger partial charge in [-0.3, -0.25) is 9.36 Å². The van der Waals surface area contributed by atoms with E-state index in [-0.39, 0.29) is 24.5 Å². The highest BCUT2D eigenvalue weighted by Gasteiger charge is 2.16. The second-order valence-corrected chi connectivity index (χ2v) is 7.41. The summed E-state index contributed by atoms with van der Waals surface area (Å²) >= 11 is 0. The number of carbonyl (C=O) groups is 1. The van der Waals surface area contributed by atoms with Crippen LogP contribution in [0.3, 0.4) is 0 Å². The van der Waals surface area contributed by atoms with E-state index in [9.17, 15) is 9.90 Å². The van der Waals surface area contributed by atoms with Crippen LogP contribution in [0.4, 0.5) is 0 Å². The van der Waals surface area contributed by atoms with Gasteiger partial charge in [-0.05, 0) is 43.2 Å². The molecule has 0 spiro atoms. The predicted molar refractivity (Wildman–Crippen MR) is 110 cm³/mol. The van der Waals surface area contributed by atoms with Gasteiger partial charge in [0.15, 0.2) is 0 Å². The number of carbonyl (C=O) groups excluding carboxylic acids is 1. The minimum absolute atomic E-state index is 0.112. The number of amides is 1. The molecule has 0 aliphatic carbocycles. The number of aryl methyl sites for hydroxylation is 1. The van der Waals surface area contributed by atoms with Crippen LogP contribution < -0.4 is 5.32 Å². The summed E-state index contributed by atoms with van der Waals surface area (Å²) in [7, 11) is 0. The summed E-state index contributed by atoms with van der Waals surface area (Å²) in [5, 5.41) is 20.3. The lowest BCUT2D eigenvalue weighted by atomic mass is 10.00. The van der Waals surface area contributed by atoms with Gasteiger partial charge in [0.05, 0.1) is 6.61 Å². The molecule has 6 nitrogen and oxygen atoms in total. The fourth-order valence-electron chi connectivity index (χ4n) is 2.98. The summed E-state index contributed by atoms with van der Waals surface area (Å²) in [6.07, 6.45) is 1.67. The third-order valence-electron chi connectivity index (χ3n) is 4.58. The topological polar surface area (TPSA) is 80.0 Å². The maximum Gasteiger partial charge on any atom is 0.251 e. The SMILES string of the molecule is Cc1ccc(-c2cc(C(=O)NC(C)CO)cc(-n3cnnc3C(C)C)c2)cc1. The van der Waals surface area contributed by atoms with Crippen molar-refractivity contribution in [2.45, 2.75) is 39.7 Å². The number of nitrogens with one attached hydrogen (secondary N) is 1. The first-order valence-electron chi connectivity index (χ1n) is 9.43. The molecule has 1 atom stereocenters. The molecule has 0 fully saturated rings. The molecule has 1 unspecified atom stereocenters. The monoisotopic (exact) mass is 378 g/mol. The lowest BCUT2D eigenvalue weighted by Gasteiger charge is -2.15. The largest absolute Gasteiger partial charge is 0.394 e. The molecule has 0 aliphatic heterocycles. The minimum Gasteiger partial charge on any atom is -0.394 e. The molecule has 2 aromatic carbocycles. The third-order valence-corrected chi connectivity index (χ3v) is 4.58. The predicted octanol–water partition coefficient (Wildman–Crippen LogP) is 3.48. The molecule has 1 amide bonds. The quantitative estimate of drug-likeness (QED) is 0.688. The molecule has 1 aromatic heterocycles. The van der Waals surface area contributed by atoms with Crippen molar-refractivity contribution in [1.29, 1.82) is 0 Å². The van der Waals surface area contributed by atoms with Crippen molar-refractivity contribution in [1.82, 2.24) is 20.1 Å². The van der Waals surface area contributed by atoms with Crippen molar-refractivity contribution in [2.75, 3.05) is 6.61 Å². The van der Waals surface area contributed by atoms with Gasteiger partial charge < -0.3 is 10.4 Å². The van der Waals surface area contributed by atoms with Crippen LogP contribution in [0.5, 0.6) is 0 Å². The Morgan fingerprint density at radius 1 is 1.11 bits per heavy atom. The average Bonchev–Trinajstić information content (AvgIpc) is 3.18. The zero-order valence-corrected chi connectivity index (χ0v) is 16.7. The fraction of sp³-hybridized carbons (Fsp3) is 0.318. The lowest BCUT2D eigenvalue weighted by molar-refractivity contribution is 0.0922. The van der Waals surface area contributed by atoms with Crippen LogP contribution in [0, 0.1) is 6.92 Å². The summed E-state index contributed by atoms with van der Waals surface area (Å²) in [5.41, 5.74) is 4.49. The molecule has 28 heavy (non-hydrogen) atoms. The van der Waals surface area contributed by atoms with Gasteiger partial charge in [0.2, 0.25) is 0 Å². The van der Waals surface area contributed by atoms with E-state index in [1.165, 1.54) is 5.56 Å². The highest BCUT2D eigenvalue weighted by Crippen LogP contribution is 2.26. The second-order valence-electron chi connectivity index (χ2n) is 7.41. The molecular formula is C22H26N4O2. The van der Waals surface area contributed by atoms with E-state index in [2.05, 4.69) is 29.4 Å². The Kier molecular flexibility index (Phi) is 5.90. The van der Waals surface area contributed by atoms with Crippen molar-refractivity contribution >= 4 is 5.91 Å². The summed E-state index contributed by atoms with van der Waals surface area (Å²) in [5.74, 6) is 0.796. The molecule has 2 N–H and O–H groups in total. The normalized spacial score (nSPS) is 12.2. The summed E-state index contributed by atoms with van der Waals surface area (Å²) in [6.45, 7) is 7.81. The molecule has 3 rings (SSSR count). The van der Waals surface area contributed by atoms with Crippen LogP contribution in [-0.4, -0.2) is 38.4 Å². The molecule has 0 radical (unpaired) electrons. The fourth-order valence-corrected chi connectivity index (χ4v) is 2.98. The number of benzene rings is 2. The first-order valence-corrected chi connectivity index (χ1v) is 9.43. The van der Waals surface area contributed by atoms with E-state index < -0.39 is 0 Å². The maximum absolute atomic E-state index is 12.7. The Balaban J connectivity index is 2.12. The van der Waals surface area contributed by atoms with Gasteiger partial charge in [-0.15, -0.1) is 10.2 Å². The molecule has 3 aromatic rings. The molecular weight excluding hydrogens is 352 g/mol. The first-order chi connectivity index (χ1) is 13.4. The van der Waals surface area contributed by atoms with Crippen molar-refractivity contribution in [3.63, 3.8) is 0 Å². The number of aliphatic hydroxyl groups is 1. The second kappa shape index (κ2) is 8.35. The van der Waals surface area contributed by atoms with Gasteiger partial charge in [-0.1, -0.05) is 43.7 Å². The number of rotatable bonds is 6. The zero-order valence-electron chi connectivity index (χ0n) is 16.7. The van der Waals surface area contributed by atoms with Gasteiger partial charge in [0.25, 0.3) is 5.91 Å². The van der Waals surface area contributed by atoms with Gasteiger partial charge in [0.1, 0.15) is 12.2 Å². The number of nitrogens with zero attached hydrogens (tertiary/aromatic N) is 3. The molecule has 0 aliphatic rings. The zero-order chi connectivity index (χ0) is 20.3. The first kappa shape index (κ1) is 19.8. The van der Waals surface area contributed by atoms with E-state index in [4.69, 9.17) is 0 Å². The molecule has 146 valence electrons. The Morgan fingerprint density at radius 3 is 2.46 bits per heavy atom. The number of hydrogen-bond acceptors (Lipinski definition) is 4. The van der Waals surface area contributed by atoms with Gasteiger partial charge in [-0.25, -0.2) is 0 Å². The number of hydrogen-bond donors (Lipinski definition) is 2. The van der Waals surface area contributed by atoms with Crippen LogP contribution in [0.2, 0.25) is 0 Å². The van der Waals surface area contributed by atoms with Gasteiger partial charge in [0, 0.05) is 23.2 Å². The average molecular weight is 378 g/mol. The Labute approximate surface area is 165 Å². The number of aromatic nitrogens is 3. The van der Waals surface area contributed by atoms with E-state index in [1.807, 2.05) is 54.0 Å². The summed E-state index contributed by atoms with van der Waals surface area (Å²) in [6, 6.07) is 13.6. The van der Waals surface area contributed by atoms with Crippen molar-refractivity contribution in [2.24, 2.45) is 0 Å². The van der Waals surface area contributed by atoms with E-state index in [1.54, 1.807) is 13.3 Å². The van der Waals surface area contributed by atoms with Crippen LogP contribution in [0.25, 0.3) is 16.8 Å². The van der Waals surface area contributed by atoms with Crippen molar-refractivity contribution in [3.8, 4) is 16.8 Å². The Hall–Kier alpha value is -2.99. The van der Waals surface area contributed by atoms with Crippen LogP contribution >= 0.6 is 0 Å². The van der Waals surface area contributed by atoms with Crippen LogP contribution in [0.15, 0.2) is 48.8 Å². The van der Waals surface area contributed by atoms with E-state index in [0.29, 0.717) is 5.56 Å². The molecule has 0 saturated carbocycles. The van der Waals surface area contributed by atoms with Gasteiger partial charge in [-0.2, -0.15) is 0 Å². The Bertz CT molecular complexity index is 961. The van der Waals surface area contributed by atoms with Crippen LogP contribution in [-0.2, 0) is 0 Å². The summed E-state index contributed by atoms with van der Waals surface area (Å²) < 4.78 is 1.91. The highest BCUT2D eigenvalue weighted by molar-refractivity contribution is 5.96. The highest BCUT2D eigenvalue weighted by atomic mass is 16.3. The summed E-state index contributed by atoms with van der Waals surface area (Å²) in [4.78, 5) is 12.7. The van der Waals surface area contributed by atoms with Crippen molar-refractivity contribution in [3.05, 3.63) is 65.7 Å². The maximum atomic E-state index is 12.7. The standard InChI is InChI=1S/C22H26N4O2/c1-14(2)21-25-23-13-26(21)20-10-18(17-7-5-15(3)6-8-17)9-19(11-20)22(28)24-16(4)12-27/h5-11,13-14,16,27H,12H2,1-4H3,(H,24,28). The minimum atomic E-state index is -0.319. The third kappa shape index (κ3) is 4.28. The number of aliphatic hydroxyl groups excluding tert-OH is 1. The van der Waals surface area contributed by atoms with Gasteiger partial charge >= 0.3 is 0 Å². The van der Waals surface area contributed by atoms with Crippen LogP contribution in [0.1, 0.15) is 48.4 Å². The van der Waals surface area contributed by atoms with E-state index in [0.717, 1.165) is 22.6 Å².